The first-order valence-corrected chi connectivity index (χ1v) is 6.78. The Balaban J connectivity index is 3.07. The molecule has 0 bridgehead atoms. The highest BCUT2D eigenvalue weighted by Crippen LogP contribution is 2.33. The van der Waals surface area contributed by atoms with Crippen molar-refractivity contribution in [2.45, 2.75) is 33.1 Å². The van der Waals surface area contributed by atoms with E-state index < -0.39 is 11.4 Å². The van der Waals surface area contributed by atoms with E-state index in [1.165, 1.54) is 0 Å². The second-order valence-corrected chi connectivity index (χ2v) is 5.66. The van der Waals surface area contributed by atoms with E-state index in [9.17, 15) is 9.90 Å². The van der Waals surface area contributed by atoms with Gasteiger partial charge in [-0.3, -0.25) is 4.79 Å². The lowest BCUT2D eigenvalue weighted by Gasteiger charge is -2.25. The molecule has 0 aromatic heterocycles. The highest BCUT2D eigenvalue weighted by Gasteiger charge is 2.33. The summed E-state index contributed by atoms with van der Waals surface area (Å²) in [6.07, 6.45) is 1.97. The van der Waals surface area contributed by atoms with Gasteiger partial charge in [0.2, 0.25) is 0 Å². The van der Waals surface area contributed by atoms with Crippen molar-refractivity contribution >= 4 is 21.9 Å². The van der Waals surface area contributed by atoms with Crippen LogP contribution in [-0.2, 0) is 11.2 Å². The number of ether oxygens (including phenoxy) is 1. The number of methoxy groups -OCH3 is 1. The van der Waals surface area contributed by atoms with Gasteiger partial charge in [0.1, 0.15) is 5.75 Å². The second kappa shape index (κ2) is 6.23. The zero-order chi connectivity index (χ0) is 13.8. The molecule has 4 heteroatoms. The topological polar surface area (TPSA) is 46.5 Å². The fraction of sp³-hybridized carbons (Fsp3) is 0.500. The summed E-state index contributed by atoms with van der Waals surface area (Å²) in [5.74, 6) is -0.0202. The van der Waals surface area contributed by atoms with E-state index in [1.54, 1.807) is 14.0 Å². The van der Waals surface area contributed by atoms with Crippen LogP contribution in [0, 0.1) is 5.41 Å². The lowest BCUT2D eigenvalue weighted by Crippen LogP contribution is -2.30. The van der Waals surface area contributed by atoms with E-state index in [0.717, 1.165) is 22.2 Å². The Morgan fingerprint density at radius 1 is 1.50 bits per heavy atom. The van der Waals surface area contributed by atoms with Gasteiger partial charge in [0.05, 0.1) is 12.5 Å². The Morgan fingerprint density at radius 3 is 2.67 bits per heavy atom. The van der Waals surface area contributed by atoms with Gasteiger partial charge in [0.15, 0.2) is 0 Å². The van der Waals surface area contributed by atoms with Crippen molar-refractivity contribution in [1.29, 1.82) is 0 Å². The van der Waals surface area contributed by atoms with E-state index in [1.807, 2.05) is 25.1 Å². The fourth-order valence-electron chi connectivity index (χ4n) is 2.13. The molecule has 0 saturated heterocycles. The van der Waals surface area contributed by atoms with Gasteiger partial charge in [-0.05, 0) is 43.5 Å². The zero-order valence-electron chi connectivity index (χ0n) is 11.0. The molecule has 0 aliphatic carbocycles. The molecular weight excluding hydrogens is 296 g/mol. The quantitative estimate of drug-likeness (QED) is 0.866. The van der Waals surface area contributed by atoms with Gasteiger partial charge in [-0.2, -0.15) is 0 Å². The first-order chi connectivity index (χ1) is 8.42. The third kappa shape index (κ3) is 3.48. The van der Waals surface area contributed by atoms with Crippen LogP contribution in [0.3, 0.4) is 0 Å². The van der Waals surface area contributed by atoms with Crippen LogP contribution in [0.4, 0.5) is 0 Å². The van der Waals surface area contributed by atoms with Crippen LogP contribution in [0.1, 0.15) is 32.3 Å². The average Bonchev–Trinajstić information content (AvgIpc) is 2.29. The maximum atomic E-state index is 11.4. The summed E-state index contributed by atoms with van der Waals surface area (Å²) in [5, 5.41) is 9.41. The Morgan fingerprint density at radius 2 is 2.17 bits per heavy atom. The molecule has 0 amide bonds. The van der Waals surface area contributed by atoms with Crippen LogP contribution in [0.25, 0.3) is 0 Å². The van der Waals surface area contributed by atoms with Crippen LogP contribution in [-0.4, -0.2) is 18.2 Å². The molecule has 0 aliphatic heterocycles. The highest BCUT2D eigenvalue weighted by molar-refractivity contribution is 9.10. The number of carbonyl (C=O) groups is 1. The van der Waals surface area contributed by atoms with Crippen LogP contribution in [0.2, 0.25) is 0 Å². The Kier molecular flexibility index (Phi) is 5.20. The molecule has 0 heterocycles. The van der Waals surface area contributed by atoms with E-state index in [-0.39, 0.29) is 0 Å². The van der Waals surface area contributed by atoms with Crippen molar-refractivity contribution in [3.05, 3.63) is 28.2 Å². The molecule has 18 heavy (non-hydrogen) atoms. The molecule has 3 nitrogen and oxygen atoms in total. The van der Waals surface area contributed by atoms with Crippen molar-refractivity contribution in [2.24, 2.45) is 5.41 Å². The minimum atomic E-state index is -0.758. The summed E-state index contributed by atoms with van der Waals surface area (Å²) >= 11 is 3.41. The second-order valence-electron chi connectivity index (χ2n) is 4.75. The summed E-state index contributed by atoms with van der Waals surface area (Å²) in [6.45, 7) is 3.79. The molecular formula is C14H19BrO3. The van der Waals surface area contributed by atoms with Gasteiger partial charge in [0, 0.05) is 4.47 Å². The number of aliphatic carboxylic acids is 1. The molecule has 1 rings (SSSR count). The van der Waals surface area contributed by atoms with Gasteiger partial charge in [-0.25, -0.2) is 0 Å². The van der Waals surface area contributed by atoms with Gasteiger partial charge in [-0.1, -0.05) is 29.3 Å². The third-order valence-electron chi connectivity index (χ3n) is 3.14. The van der Waals surface area contributed by atoms with Crippen molar-refractivity contribution in [1.82, 2.24) is 0 Å². The Hall–Kier alpha value is -1.03. The third-order valence-corrected chi connectivity index (χ3v) is 3.63. The minimum Gasteiger partial charge on any atom is -0.496 e. The van der Waals surface area contributed by atoms with Gasteiger partial charge < -0.3 is 9.84 Å². The molecule has 0 fully saturated rings. The molecule has 1 unspecified atom stereocenters. The van der Waals surface area contributed by atoms with Crippen LogP contribution in [0.15, 0.2) is 22.7 Å². The Bertz CT molecular complexity index is 431. The lowest BCUT2D eigenvalue weighted by molar-refractivity contribution is -0.148. The van der Waals surface area contributed by atoms with E-state index in [4.69, 9.17) is 4.74 Å². The molecule has 0 saturated carbocycles. The van der Waals surface area contributed by atoms with E-state index in [0.29, 0.717) is 12.8 Å². The predicted octanol–water partition coefficient (Wildman–Crippen LogP) is 3.89. The van der Waals surface area contributed by atoms with Crippen molar-refractivity contribution in [3.63, 3.8) is 0 Å². The maximum absolute atomic E-state index is 11.4. The minimum absolute atomic E-state index is 0.471. The van der Waals surface area contributed by atoms with Gasteiger partial charge in [0.25, 0.3) is 0 Å². The molecule has 0 radical (unpaired) electrons. The molecule has 1 aromatic rings. The van der Waals surface area contributed by atoms with Crippen LogP contribution >= 0.6 is 15.9 Å². The standard InChI is InChI=1S/C14H19BrO3/c1-4-7-14(2,13(16)17)9-10-8-11(15)5-6-12(10)18-3/h5-6,8H,4,7,9H2,1-3H3,(H,16,17). The highest BCUT2D eigenvalue weighted by atomic mass is 79.9. The van der Waals surface area contributed by atoms with Crippen LogP contribution in [0.5, 0.6) is 5.75 Å². The molecule has 0 aliphatic rings. The number of hydrogen-bond donors (Lipinski definition) is 1. The van der Waals surface area contributed by atoms with Crippen molar-refractivity contribution < 1.29 is 14.6 Å². The smallest absolute Gasteiger partial charge is 0.309 e. The number of halogens is 1. The lowest BCUT2D eigenvalue weighted by atomic mass is 9.79. The summed E-state index contributed by atoms with van der Waals surface area (Å²) < 4.78 is 6.22. The maximum Gasteiger partial charge on any atom is 0.309 e. The van der Waals surface area contributed by atoms with Gasteiger partial charge in [-0.15, -0.1) is 0 Å². The summed E-state index contributed by atoms with van der Waals surface area (Å²) in [6, 6.07) is 5.67. The first kappa shape index (κ1) is 15.0. The number of benzene rings is 1. The number of carboxylic acid groups (broad SMARTS) is 1. The number of carboxylic acids is 1. The largest absolute Gasteiger partial charge is 0.496 e. The van der Waals surface area contributed by atoms with Crippen molar-refractivity contribution in [3.8, 4) is 5.75 Å². The molecule has 1 aromatic carbocycles. The average molecular weight is 315 g/mol. The van der Waals surface area contributed by atoms with Crippen molar-refractivity contribution in [2.75, 3.05) is 7.11 Å². The summed E-state index contributed by atoms with van der Waals surface area (Å²) in [4.78, 5) is 11.4. The molecule has 100 valence electrons. The SMILES string of the molecule is CCCC(C)(Cc1cc(Br)ccc1OC)C(=O)O. The predicted molar refractivity (Wildman–Crippen MR) is 75.0 cm³/mol. The van der Waals surface area contributed by atoms with Crippen LogP contribution < -0.4 is 4.74 Å². The Labute approximate surface area is 116 Å². The molecule has 1 N–H and O–H groups in total. The van der Waals surface area contributed by atoms with E-state index in [2.05, 4.69) is 15.9 Å². The fourth-order valence-corrected chi connectivity index (χ4v) is 2.54. The zero-order valence-corrected chi connectivity index (χ0v) is 12.6. The molecule has 1 atom stereocenters. The summed E-state index contributed by atoms with van der Waals surface area (Å²) in [7, 11) is 1.60. The van der Waals surface area contributed by atoms with E-state index >= 15 is 0 Å². The number of hydrogen-bond acceptors (Lipinski definition) is 2. The van der Waals surface area contributed by atoms with Gasteiger partial charge >= 0.3 is 5.97 Å². The summed E-state index contributed by atoms with van der Waals surface area (Å²) in [5.41, 5.74) is 0.174. The molecule has 0 spiro atoms. The first-order valence-electron chi connectivity index (χ1n) is 5.98. The number of rotatable bonds is 6. The monoisotopic (exact) mass is 314 g/mol. The normalized spacial score (nSPS) is 14.0.